The minimum atomic E-state index is -1.43. The second kappa shape index (κ2) is 12.9. The topological polar surface area (TPSA) is 205 Å². The summed E-state index contributed by atoms with van der Waals surface area (Å²) < 4.78 is 30.4. The number of rotatable bonds is 4. The van der Waals surface area contributed by atoms with Crippen LogP contribution in [-0.4, -0.2) is 106 Å². The Bertz CT molecular complexity index is 712. The van der Waals surface area contributed by atoms with E-state index in [-0.39, 0.29) is 0 Å². The van der Waals surface area contributed by atoms with E-state index in [0.717, 1.165) is 20.8 Å². The third-order valence-corrected chi connectivity index (χ3v) is 4.74. The number of hydrogen-bond acceptors (Lipinski definition) is 14. The van der Waals surface area contributed by atoms with Gasteiger partial charge < -0.3 is 48.8 Å². The van der Waals surface area contributed by atoms with Crippen LogP contribution in [0.25, 0.3) is 0 Å². The minimum absolute atomic E-state index is 0.630. The molecule has 14 heteroatoms. The standard InChI is InChI=1S/C14H20O9.C6H12O5/c1-6-11(20-7(2)15)12(21-8(3)16)13(22-9(4)17)14(19-6)23-10(5)18;1-2-3(7)4(8)5(9)6(10)11-2/h6,11-14H,1-5H3;2-10H,1H3. The summed E-state index contributed by atoms with van der Waals surface area (Å²) in [6, 6.07) is 0. The zero-order valence-electron chi connectivity index (χ0n) is 19.6. The molecular weight excluding hydrogens is 464 g/mol. The van der Waals surface area contributed by atoms with Gasteiger partial charge in [0.2, 0.25) is 12.4 Å². The van der Waals surface area contributed by atoms with E-state index in [1.165, 1.54) is 13.8 Å². The molecule has 0 saturated carbocycles. The number of carbonyl (C=O) groups excluding carboxylic acids is 4. The van der Waals surface area contributed by atoms with E-state index in [1.807, 2.05) is 0 Å². The maximum atomic E-state index is 11.4. The van der Waals surface area contributed by atoms with Crippen molar-refractivity contribution in [3.05, 3.63) is 0 Å². The highest BCUT2D eigenvalue weighted by Crippen LogP contribution is 2.29. The maximum Gasteiger partial charge on any atom is 0.305 e. The van der Waals surface area contributed by atoms with Crippen LogP contribution in [0.5, 0.6) is 0 Å². The Kier molecular flexibility index (Phi) is 11.3. The van der Waals surface area contributed by atoms with Crippen LogP contribution in [-0.2, 0) is 47.6 Å². The highest BCUT2D eigenvalue weighted by Gasteiger charge is 2.51. The first kappa shape index (κ1) is 29.7. The Morgan fingerprint density at radius 2 is 1.00 bits per heavy atom. The number of carbonyl (C=O) groups is 4. The van der Waals surface area contributed by atoms with E-state index in [2.05, 4.69) is 4.74 Å². The highest BCUT2D eigenvalue weighted by molar-refractivity contribution is 5.69. The van der Waals surface area contributed by atoms with Gasteiger partial charge in [-0.05, 0) is 13.8 Å². The first-order chi connectivity index (χ1) is 15.6. The first-order valence-corrected chi connectivity index (χ1v) is 10.4. The molecule has 10 unspecified atom stereocenters. The normalized spacial score (nSPS) is 37.4. The molecule has 2 aliphatic rings. The number of aliphatic hydroxyl groups is 4. The van der Waals surface area contributed by atoms with E-state index in [9.17, 15) is 19.2 Å². The first-order valence-electron chi connectivity index (χ1n) is 10.4. The Balaban J connectivity index is 0.000000437. The number of aliphatic hydroxyl groups excluding tert-OH is 4. The largest absolute Gasteiger partial charge is 0.456 e. The Hall–Kier alpha value is -2.36. The summed E-state index contributed by atoms with van der Waals surface area (Å²) in [6.07, 6.45) is -11.5. The lowest BCUT2D eigenvalue weighted by Gasteiger charge is -2.42. The van der Waals surface area contributed by atoms with Crippen LogP contribution in [0.2, 0.25) is 0 Å². The van der Waals surface area contributed by atoms with Gasteiger partial charge in [-0.2, -0.15) is 0 Å². The van der Waals surface area contributed by atoms with Crippen molar-refractivity contribution in [2.24, 2.45) is 0 Å². The Morgan fingerprint density at radius 1 is 0.559 bits per heavy atom. The van der Waals surface area contributed by atoms with Gasteiger partial charge in [-0.3, -0.25) is 19.2 Å². The number of esters is 4. The molecule has 0 aliphatic carbocycles. The van der Waals surface area contributed by atoms with E-state index in [0.29, 0.717) is 0 Å². The fourth-order valence-electron chi connectivity index (χ4n) is 3.26. The van der Waals surface area contributed by atoms with Crippen LogP contribution in [0.3, 0.4) is 0 Å². The number of hydrogen-bond donors (Lipinski definition) is 4. The molecule has 2 rings (SSSR count). The lowest BCUT2D eigenvalue weighted by molar-refractivity contribution is -0.292. The van der Waals surface area contributed by atoms with Gasteiger partial charge in [-0.15, -0.1) is 0 Å². The van der Waals surface area contributed by atoms with Crippen molar-refractivity contribution < 1.29 is 68.0 Å². The summed E-state index contributed by atoms with van der Waals surface area (Å²) in [5.41, 5.74) is 0. The van der Waals surface area contributed by atoms with Crippen LogP contribution in [0.4, 0.5) is 0 Å². The molecule has 2 heterocycles. The maximum absolute atomic E-state index is 11.4. The van der Waals surface area contributed by atoms with Crippen molar-refractivity contribution in [1.29, 1.82) is 0 Å². The predicted molar refractivity (Wildman–Crippen MR) is 107 cm³/mol. The molecule has 0 spiro atoms. The van der Waals surface area contributed by atoms with Crippen molar-refractivity contribution in [2.75, 3.05) is 0 Å². The molecule has 196 valence electrons. The zero-order valence-corrected chi connectivity index (χ0v) is 19.6. The summed E-state index contributed by atoms with van der Waals surface area (Å²) in [4.78, 5) is 45.1. The molecule has 2 aliphatic heterocycles. The van der Waals surface area contributed by atoms with Crippen molar-refractivity contribution in [3.63, 3.8) is 0 Å². The van der Waals surface area contributed by atoms with Crippen LogP contribution in [0.15, 0.2) is 0 Å². The molecule has 14 nitrogen and oxygen atoms in total. The van der Waals surface area contributed by atoms with E-state index in [4.69, 9.17) is 44.1 Å². The molecular formula is C20H32O14. The van der Waals surface area contributed by atoms with E-state index in [1.54, 1.807) is 6.92 Å². The van der Waals surface area contributed by atoms with Gasteiger partial charge in [0, 0.05) is 27.7 Å². The van der Waals surface area contributed by atoms with Crippen molar-refractivity contribution >= 4 is 23.9 Å². The predicted octanol–water partition coefficient (Wildman–Crippen LogP) is -2.10. The molecule has 0 bridgehead atoms. The molecule has 4 N–H and O–H groups in total. The van der Waals surface area contributed by atoms with Crippen molar-refractivity contribution in [1.82, 2.24) is 0 Å². The second-order valence-electron chi connectivity index (χ2n) is 7.74. The van der Waals surface area contributed by atoms with Gasteiger partial charge in [0.1, 0.15) is 18.3 Å². The van der Waals surface area contributed by atoms with Crippen LogP contribution in [0.1, 0.15) is 41.5 Å². The van der Waals surface area contributed by atoms with Gasteiger partial charge >= 0.3 is 23.9 Å². The lowest BCUT2D eigenvalue weighted by atomic mass is 9.99. The summed E-state index contributed by atoms with van der Waals surface area (Å²) in [6.45, 7) is 7.66. The molecule has 0 amide bonds. The van der Waals surface area contributed by atoms with Gasteiger partial charge in [0.05, 0.1) is 12.2 Å². The number of ether oxygens (including phenoxy) is 6. The third-order valence-electron chi connectivity index (χ3n) is 4.74. The van der Waals surface area contributed by atoms with E-state index >= 15 is 0 Å². The fraction of sp³-hybridized carbons (Fsp3) is 0.800. The van der Waals surface area contributed by atoms with E-state index < -0.39 is 85.3 Å². The van der Waals surface area contributed by atoms with Gasteiger partial charge in [-0.25, -0.2) is 0 Å². The lowest BCUT2D eigenvalue weighted by Crippen LogP contribution is -2.61. The smallest absolute Gasteiger partial charge is 0.305 e. The monoisotopic (exact) mass is 496 g/mol. The molecule has 0 radical (unpaired) electrons. The van der Waals surface area contributed by atoms with Crippen LogP contribution in [0, 0.1) is 0 Å². The highest BCUT2D eigenvalue weighted by atomic mass is 16.7. The molecule has 0 aromatic heterocycles. The molecule has 34 heavy (non-hydrogen) atoms. The van der Waals surface area contributed by atoms with Crippen LogP contribution >= 0.6 is 0 Å². The van der Waals surface area contributed by atoms with Gasteiger partial charge in [0.25, 0.3) is 0 Å². The molecule has 2 saturated heterocycles. The third kappa shape index (κ3) is 8.45. The summed E-state index contributed by atoms with van der Waals surface area (Å²) >= 11 is 0. The summed E-state index contributed by atoms with van der Waals surface area (Å²) in [5.74, 6) is -2.69. The van der Waals surface area contributed by atoms with Crippen LogP contribution < -0.4 is 0 Å². The summed E-state index contributed by atoms with van der Waals surface area (Å²) in [7, 11) is 0. The zero-order chi connectivity index (χ0) is 26.3. The Morgan fingerprint density at radius 3 is 1.47 bits per heavy atom. The molecule has 2 fully saturated rings. The Labute approximate surface area is 195 Å². The second-order valence-corrected chi connectivity index (χ2v) is 7.74. The molecule has 0 aromatic carbocycles. The van der Waals surface area contributed by atoms with Gasteiger partial charge in [-0.1, -0.05) is 0 Å². The minimum Gasteiger partial charge on any atom is -0.456 e. The quantitative estimate of drug-likeness (QED) is 0.243. The van der Waals surface area contributed by atoms with Crippen molar-refractivity contribution in [3.8, 4) is 0 Å². The molecule has 10 atom stereocenters. The van der Waals surface area contributed by atoms with Gasteiger partial charge in [0.15, 0.2) is 18.5 Å². The fourth-order valence-corrected chi connectivity index (χ4v) is 3.26. The average Bonchev–Trinajstić information content (AvgIpc) is 2.69. The summed E-state index contributed by atoms with van der Waals surface area (Å²) in [5, 5.41) is 36.0. The average molecular weight is 496 g/mol. The van der Waals surface area contributed by atoms with Crippen molar-refractivity contribution in [2.45, 2.75) is 103 Å². The SMILES string of the molecule is CC(=O)OC1OC(C)C(OC(C)=O)C(OC(C)=O)C1OC(C)=O.CC1OC(O)C(O)C(O)C1O. The molecule has 0 aromatic rings.